The molecule has 1 saturated carbocycles. The molecule has 3 aromatic heterocycles. The van der Waals surface area contributed by atoms with Crippen LogP contribution in [-0.2, 0) is 13.6 Å². The van der Waals surface area contributed by atoms with Gasteiger partial charge in [0.1, 0.15) is 0 Å². The molecule has 4 rings (SSSR count). The zero-order chi connectivity index (χ0) is 14.4. The van der Waals surface area contributed by atoms with Crippen molar-refractivity contribution >= 4 is 26.8 Å². The lowest BCUT2D eigenvalue weighted by Gasteiger charge is -2.21. The van der Waals surface area contributed by atoms with Gasteiger partial charge in [-0.1, -0.05) is 11.3 Å². The molecule has 0 aromatic carbocycles. The van der Waals surface area contributed by atoms with Gasteiger partial charge in [-0.05, 0) is 37.5 Å². The van der Waals surface area contributed by atoms with Crippen LogP contribution < -0.4 is 4.90 Å². The van der Waals surface area contributed by atoms with Crippen molar-refractivity contribution in [2.45, 2.75) is 32.4 Å². The molecule has 0 aliphatic heterocycles. The molecule has 0 saturated heterocycles. The highest BCUT2D eigenvalue weighted by Gasteiger charge is 2.31. The van der Waals surface area contributed by atoms with E-state index in [-0.39, 0.29) is 0 Å². The van der Waals surface area contributed by atoms with E-state index in [2.05, 4.69) is 34.0 Å². The number of rotatable bonds is 4. The number of pyridine rings is 1. The Kier molecular flexibility index (Phi) is 2.92. The summed E-state index contributed by atoms with van der Waals surface area (Å²) in [4.78, 5) is 11.3. The molecule has 5 nitrogen and oxygen atoms in total. The number of nitrogens with zero attached hydrogens (tertiary/aromatic N) is 5. The van der Waals surface area contributed by atoms with Crippen LogP contribution in [0.25, 0.3) is 10.3 Å². The van der Waals surface area contributed by atoms with Crippen LogP contribution >= 0.6 is 11.3 Å². The molecule has 1 aliphatic rings. The summed E-state index contributed by atoms with van der Waals surface area (Å²) < 4.78 is 3.08. The lowest BCUT2D eigenvalue weighted by molar-refractivity contribution is 0.763. The largest absolute Gasteiger partial charge is 0.341 e. The second-order valence-corrected chi connectivity index (χ2v) is 6.55. The average Bonchev–Trinajstić information content (AvgIpc) is 3.16. The predicted octanol–water partition coefficient (Wildman–Crippen LogP) is 2.90. The Bertz CT molecular complexity index is 738. The zero-order valence-corrected chi connectivity index (χ0v) is 13.0. The molecule has 0 radical (unpaired) electrons. The number of aryl methyl sites for hydroxylation is 2. The van der Waals surface area contributed by atoms with E-state index in [4.69, 9.17) is 4.98 Å². The minimum absolute atomic E-state index is 0.631. The van der Waals surface area contributed by atoms with Gasteiger partial charge >= 0.3 is 0 Å². The fourth-order valence-corrected chi connectivity index (χ4v) is 3.72. The van der Waals surface area contributed by atoms with Crippen molar-refractivity contribution in [3.05, 3.63) is 35.8 Å². The lowest BCUT2D eigenvalue weighted by atomic mass is 10.2. The van der Waals surface area contributed by atoms with E-state index < -0.39 is 0 Å². The van der Waals surface area contributed by atoms with E-state index in [0.717, 1.165) is 23.0 Å². The van der Waals surface area contributed by atoms with Gasteiger partial charge in [-0.2, -0.15) is 5.10 Å². The average molecular weight is 299 g/mol. The summed E-state index contributed by atoms with van der Waals surface area (Å²) in [6.45, 7) is 2.95. The first-order valence-electron chi connectivity index (χ1n) is 7.18. The van der Waals surface area contributed by atoms with Gasteiger partial charge < -0.3 is 4.90 Å². The van der Waals surface area contributed by atoms with Crippen molar-refractivity contribution in [2.75, 3.05) is 4.90 Å². The molecule has 0 atom stereocenters. The number of hydrogen-bond donors (Lipinski definition) is 0. The molecular weight excluding hydrogens is 282 g/mol. The van der Waals surface area contributed by atoms with Crippen molar-refractivity contribution in [1.29, 1.82) is 0 Å². The molecule has 6 heteroatoms. The normalized spacial score (nSPS) is 14.8. The summed E-state index contributed by atoms with van der Waals surface area (Å²) in [5.41, 5.74) is 3.34. The highest BCUT2D eigenvalue weighted by atomic mass is 32.1. The molecule has 108 valence electrons. The summed E-state index contributed by atoms with van der Waals surface area (Å²) in [5.74, 6) is 0. The Morgan fingerprint density at radius 3 is 2.76 bits per heavy atom. The summed E-state index contributed by atoms with van der Waals surface area (Å²) in [5, 5.41) is 5.54. The maximum Gasteiger partial charge on any atom is 0.188 e. The first-order chi connectivity index (χ1) is 10.2. The van der Waals surface area contributed by atoms with Crippen LogP contribution in [0.1, 0.15) is 24.1 Å². The molecule has 0 bridgehead atoms. The third-order valence-electron chi connectivity index (χ3n) is 3.87. The van der Waals surface area contributed by atoms with E-state index in [1.807, 2.05) is 24.1 Å². The van der Waals surface area contributed by atoms with Crippen LogP contribution in [0.3, 0.4) is 0 Å². The van der Waals surface area contributed by atoms with Gasteiger partial charge in [0.15, 0.2) is 10.8 Å². The molecule has 0 amide bonds. The van der Waals surface area contributed by atoms with Gasteiger partial charge in [0.2, 0.25) is 0 Å². The van der Waals surface area contributed by atoms with Crippen molar-refractivity contribution in [3.63, 3.8) is 0 Å². The predicted molar refractivity (Wildman–Crippen MR) is 84.6 cm³/mol. The minimum atomic E-state index is 0.631. The molecule has 3 aromatic rings. The second kappa shape index (κ2) is 4.80. The third kappa shape index (κ3) is 2.29. The van der Waals surface area contributed by atoms with E-state index in [0.29, 0.717) is 6.04 Å². The maximum absolute atomic E-state index is 4.82. The topological polar surface area (TPSA) is 46.8 Å². The summed E-state index contributed by atoms with van der Waals surface area (Å²) in [7, 11) is 1.96. The van der Waals surface area contributed by atoms with Gasteiger partial charge in [0, 0.05) is 32.0 Å². The van der Waals surface area contributed by atoms with Crippen LogP contribution in [0, 0.1) is 6.92 Å². The number of aromatic nitrogens is 4. The summed E-state index contributed by atoms with van der Waals surface area (Å²) in [6, 6.07) is 4.79. The molecule has 21 heavy (non-hydrogen) atoms. The fraction of sp³-hybridized carbons (Fsp3) is 0.400. The van der Waals surface area contributed by atoms with Crippen LogP contribution in [-0.4, -0.2) is 25.8 Å². The summed E-state index contributed by atoms with van der Waals surface area (Å²) in [6.07, 6.45) is 6.23. The fourth-order valence-electron chi connectivity index (χ4n) is 2.62. The minimum Gasteiger partial charge on any atom is -0.341 e. The van der Waals surface area contributed by atoms with E-state index in [1.54, 1.807) is 11.3 Å². The molecule has 1 aliphatic carbocycles. The quantitative estimate of drug-likeness (QED) is 0.743. The van der Waals surface area contributed by atoms with Crippen LogP contribution in [0.4, 0.5) is 5.13 Å². The number of hydrogen-bond acceptors (Lipinski definition) is 5. The molecule has 1 fully saturated rings. The van der Waals surface area contributed by atoms with Crippen LogP contribution in [0.15, 0.2) is 24.5 Å². The SMILES string of the molecule is Cc1nn(C)c2nc(N(Cc3ccncc3)C3CC3)sc12. The third-order valence-corrected chi connectivity index (χ3v) is 5.06. The Labute approximate surface area is 127 Å². The molecule has 3 heterocycles. The van der Waals surface area contributed by atoms with Gasteiger partial charge in [-0.3, -0.25) is 4.98 Å². The molecule has 0 unspecified atom stereocenters. The van der Waals surface area contributed by atoms with Crippen molar-refractivity contribution in [1.82, 2.24) is 19.7 Å². The van der Waals surface area contributed by atoms with Crippen LogP contribution in [0.2, 0.25) is 0 Å². The molecule has 0 N–H and O–H groups in total. The Morgan fingerprint density at radius 2 is 2.10 bits per heavy atom. The number of thiazole rings is 1. The lowest BCUT2D eigenvalue weighted by Crippen LogP contribution is -2.24. The van der Waals surface area contributed by atoms with E-state index in [1.165, 1.54) is 23.1 Å². The van der Waals surface area contributed by atoms with Gasteiger partial charge in [0.25, 0.3) is 0 Å². The first kappa shape index (κ1) is 12.8. The van der Waals surface area contributed by atoms with Crippen molar-refractivity contribution < 1.29 is 0 Å². The Balaban J connectivity index is 1.70. The Morgan fingerprint density at radius 1 is 1.33 bits per heavy atom. The maximum atomic E-state index is 4.82. The Hall–Kier alpha value is -1.95. The number of anilines is 1. The highest BCUT2D eigenvalue weighted by molar-refractivity contribution is 7.22. The van der Waals surface area contributed by atoms with E-state index in [9.17, 15) is 0 Å². The highest BCUT2D eigenvalue weighted by Crippen LogP contribution is 2.38. The van der Waals surface area contributed by atoms with Crippen molar-refractivity contribution in [3.8, 4) is 0 Å². The number of fused-ring (bicyclic) bond motifs is 1. The first-order valence-corrected chi connectivity index (χ1v) is 7.99. The zero-order valence-electron chi connectivity index (χ0n) is 12.2. The standard InChI is InChI=1S/C15H17N5S/c1-10-13-14(19(2)18-10)17-15(21-13)20(12-3-4-12)9-11-5-7-16-8-6-11/h5-8,12H,3-4,9H2,1-2H3. The smallest absolute Gasteiger partial charge is 0.188 e. The van der Waals surface area contributed by atoms with Gasteiger partial charge in [-0.25, -0.2) is 9.67 Å². The monoisotopic (exact) mass is 299 g/mol. The van der Waals surface area contributed by atoms with E-state index >= 15 is 0 Å². The summed E-state index contributed by atoms with van der Waals surface area (Å²) >= 11 is 1.76. The van der Waals surface area contributed by atoms with Gasteiger partial charge in [0.05, 0.1) is 10.4 Å². The van der Waals surface area contributed by atoms with Gasteiger partial charge in [-0.15, -0.1) is 0 Å². The molecule has 0 spiro atoms. The van der Waals surface area contributed by atoms with Crippen LogP contribution in [0.5, 0.6) is 0 Å². The second-order valence-electron chi connectivity index (χ2n) is 5.57. The molecular formula is C15H17N5S. The van der Waals surface area contributed by atoms with Crippen molar-refractivity contribution in [2.24, 2.45) is 7.05 Å².